The number of anilines is 1. The van der Waals surface area contributed by atoms with E-state index in [9.17, 15) is 9.59 Å². The standard InChI is InChI=1S/C21H24N2O2S/c1-15-9-11-17(12-10-15)26-16(2)20(24)22-19-8-4-3-7-18(19)21(25)23-13-5-6-14-23/h3-4,7-12,16H,5-6,13-14H2,1-2H3,(H,22,24)/t16-/m1/s1. The van der Waals surface area contributed by atoms with Crippen LogP contribution >= 0.6 is 11.8 Å². The number of nitrogens with zero attached hydrogens (tertiary/aromatic N) is 1. The van der Waals surface area contributed by atoms with Crippen molar-refractivity contribution in [2.24, 2.45) is 0 Å². The first-order chi connectivity index (χ1) is 12.5. The van der Waals surface area contributed by atoms with Crippen molar-refractivity contribution in [3.05, 3.63) is 59.7 Å². The van der Waals surface area contributed by atoms with Crippen LogP contribution < -0.4 is 5.32 Å². The number of hydrogen-bond donors (Lipinski definition) is 1. The molecule has 2 amide bonds. The SMILES string of the molecule is Cc1ccc(S[C@H](C)C(=O)Nc2ccccc2C(=O)N2CCCC2)cc1. The second-order valence-electron chi connectivity index (χ2n) is 6.61. The maximum atomic E-state index is 12.7. The van der Waals surface area contributed by atoms with Crippen molar-refractivity contribution in [3.63, 3.8) is 0 Å². The first kappa shape index (κ1) is 18.5. The van der Waals surface area contributed by atoms with E-state index >= 15 is 0 Å². The minimum absolute atomic E-state index is 0.00255. The molecule has 2 aromatic rings. The molecule has 0 radical (unpaired) electrons. The van der Waals surface area contributed by atoms with Crippen LogP contribution in [-0.4, -0.2) is 35.1 Å². The Hall–Kier alpha value is -2.27. The van der Waals surface area contributed by atoms with E-state index in [0.717, 1.165) is 30.8 Å². The highest BCUT2D eigenvalue weighted by atomic mass is 32.2. The van der Waals surface area contributed by atoms with Crippen LogP contribution in [-0.2, 0) is 4.79 Å². The van der Waals surface area contributed by atoms with Gasteiger partial charge < -0.3 is 10.2 Å². The summed E-state index contributed by atoms with van der Waals surface area (Å²) in [5, 5.41) is 2.68. The summed E-state index contributed by atoms with van der Waals surface area (Å²) >= 11 is 1.51. The highest BCUT2D eigenvalue weighted by Crippen LogP contribution is 2.26. The minimum atomic E-state index is -0.257. The lowest BCUT2D eigenvalue weighted by atomic mass is 10.1. The van der Waals surface area contributed by atoms with Gasteiger partial charge >= 0.3 is 0 Å². The largest absolute Gasteiger partial charge is 0.339 e. The van der Waals surface area contributed by atoms with Gasteiger partial charge in [-0.1, -0.05) is 29.8 Å². The van der Waals surface area contributed by atoms with E-state index in [-0.39, 0.29) is 17.1 Å². The number of thioether (sulfide) groups is 1. The molecule has 0 aliphatic carbocycles. The Bertz CT molecular complexity index is 783. The lowest BCUT2D eigenvalue weighted by Gasteiger charge is -2.19. The fourth-order valence-corrected chi connectivity index (χ4v) is 3.85. The van der Waals surface area contributed by atoms with Crippen LogP contribution in [0.1, 0.15) is 35.7 Å². The summed E-state index contributed by atoms with van der Waals surface area (Å²) in [6.45, 7) is 5.51. The van der Waals surface area contributed by atoms with Crippen molar-refractivity contribution in [1.82, 2.24) is 4.90 Å². The van der Waals surface area contributed by atoms with Crippen molar-refractivity contribution >= 4 is 29.3 Å². The van der Waals surface area contributed by atoms with E-state index in [1.807, 2.05) is 55.1 Å². The number of benzene rings is 2. The quantitative estimate of drug-likeness (QED) is 0.798. The zero-order chi connectivity index (χ0) is 18.5. The zero-order valence-electron chi connectivity index (χ0n) is 15.2. The molecule has 1 atom stereocenters. The summed E-state index contributed by atoms with van der Waals surface area (Å²) in [4.78, 5) is 28.2. The predicted octanol–water partition coefficient (Wildman–Crippen LogP) is 4.35. The Kier molecular flexibility index (Phi) is 5.99. The van der Waals surface area contributed by atoms with Gasteiger partial charge in [-0.3, -0.25) is 9.59 Å². The van der Waals surface area contributed by atoms with Crippen LogP contribution in [0, 0.1) is 6.92 Å². The summed E-state index contributed by atoms with van der Waals surface area (Å²) < 4.78 is 0. The molecule has 1 saturated heterocycles. The Balaban J connectivity index is 1.68. The number of carbonyl (C=O) groups excluding carboxylic acids is 2. The average molecular weight is 369 g/mol. The summed E-state index contributed by atoms with van der Waals surface area (Å²) in [5.41, 5.74) is 2.35. The van der Waals surface area contributed by atoms with Crippen LogP contribution in [0.3, 0.4) is 0 Å². The molecule has 0 aromatic heterocycles. The first-order valence-corrected chi connectivity index (χ1v) is 9.85. The number of para-hydroxylation sites is 1. The zero-order valence-corrected chi connectivity index (χ0v) is 16.0. The third-order valence-corrected chi connectivity index (χ3v) is 5.62. The van der Waals surface area contributed by atoms with Gasteiger partial charge in [0, 0.05) is 18.0 Å². The molecular formula is C21H24N2O2S. The van der Waals surface area contributed by atoms with E-state index in [1.54, 1.807) is 12.1 Å². The topological polar surface area (TPSA) is 49.4 Å². The van der Waals surface area contributed by atoms with Crippen molar-refractivity contribution in [1.29, 1.82) is 0 Å². The van der Waals surface area contributed by atoms with Gasteiger partial charge in [-0.2, -0.15) is 0 Å². The predicted molar refractivity (Wildman–Crippen MR) is 107 cm³/mol. The molecule has 1 N–H and O–H groups in total. The van der Waals surface area contributed by atoms with Crippen LogP contribution in [0.4, 0.5) is 5.69 Å². The Morgan fingerprint density at radius 3 is 2.38 bits per heavy atom. The van der Waals surface area contributed by atoms with Gasteiger partial charge in [0.15, 0.2) is 0 Å². The van der Waals surface area contributed by atoms with E-state index in [2.05, 4.69) is 5.32 Å². The molecule has 1 aliphatic rings. The maximum absolute atomic E-state index is 12.7. The second kappa shape index (κ2) is 8.41. The molecule has 5 heteroatoms. The average Bonchev–Trinajstić information content (AvgIpc) is 3.18. The summed E-state index contributed by atoms with van der Waals surface area (Å²) in [7, 11) is 0. The molecule has 0 spiro atoms. The first-order valence-electron chi connectivity index (χ1n) is 8.97. The number of amides is 2. The summed E-state index contributed by atoms with van der Waals surface area (Å²) in [6.07, 6.45) is 2.09. The number of nitrogens with one attached hydrogen (secondary N) is 1. The highest BCUT2D eigenvalue weighted by Gasteiger charge is 2.23. The van der Waals surface area contributed by atoms with E-state index in [1.165, 1.54) is 17.3 Å². The second-order valence-corrected chi connectivity index (χ2v) is 8.02. The fourth-order valence-electron chi connectivity index (χ4n) is 2.98. The Morgan fingerprint density at radius 2 is 1.69 bits per heavy atom. The van der Waals surface area contributed by atoms with Gasteiger partial charge in [0.1, 0.15) is 0 Å². The molecule has 0 unspecified atom stereocenters. The van der Waals surface area contributed by atoms with Gasteiger partial charge in [-0.25, -0.2) is 0 Å². The van der Waals surface area contributed by atoms with Gasteiger partial charge in [0.2, 0.25) is 5.91 Å². The van der Waals surface area contributed by atoms with Gasteiger partial charge in [0.05, 0.1) is 16.5 Å². The summed E-state index contributed by atoms with van der Waals surface area (Å²) in [6, 6.07) is 15.4. The molecule has 0 saturated carbocycles. The molecule has 26 heavy (non-hydrogen) atoms. The lowest BCUT2D eigenvalue weighted by molar-refractivity contribution is -0.115. The van der Waals surface area contributed by atoms with Crippen molar-refractivity contribution in [3.8, 4) is 0 Å². The van der Waals surface area contributed by atoms with Gasteiger partial charge in [-0.05, 0) is 51.0 Å². The van der Waals surface area contributed by atoms with Crippen LogP contribution in [0.2, 0.25) is 0 Å². The molecule has 2 aromatic carbocycles. The van der Waals surface area contributed by atoms with Crippen molar-refractivity contribution < 1.29 is 9.59 Å². The Labute approximate surface area is 159 Å². The number of likely N-dealkylation sites (tertiary alicyclic amines) is 1. The number of rotatable bonds is 5. The van der Waals surface area contributed by atoms with Crippen molar-refractivity contribution in [2.75, 3.05) is 18.4 Å². The number of aryl methyl sites for hydroxylation is 1. The molecule has 1 fully saturated rings. The number of carbonyl (C=O) groups is 2. The van der Waals surface area contributed by atoms with E-state index < -0.39 is 0 Å². The molecule has 3 rings (SSSR count). The van der Waals surface area contributed by atoms with Crippen LogP contribution in [0.25, 0.3) is 0 Å². The van der Waals surface area contributed by atoms with Crippen LogP contribution in [0.5, 0.6) is 0 Å². The fraction of sp³-hybridized carbons (Fsp3) is 0.333. The number of hydrogen-bond acceptors (Lipinski definition) is 3. The van der Waals surface area contributed by atoms with Crippen LogP contribution in [0.15, 0.2) is 53.4 Å². The molecule has 1 aliphatic heterocycles. The summed E-state index contributed by atoms with van der Waals surface area (Å²) in [5.74, 6) is -0.102. The van der Waals surface area contributed by atoms with Gasteiger partial charge in [-0.15, -0.1) is 11.8 Å². The van der Waals surface area contributed by atoms with E-state index in [0.29, 0.717) is 11.3 Å². The smallest absolute Gasteiger partial charge is 0.255 e. The molecule has 4 nitrogen and oxygen atoms in total. The molecule has 136 valence electrons. The minimum Gasteiger partial charge on any atom is -0.339 e. The monoisotopic (exact) mass is 368 g/mol. The molecular weight excluding hydrogens is 344 g/mol. The molecule has 0 bridgehead atoms. The third kappa shape index (κ3) is 4.47. The Morgan fingerprint density at radius 1 is 1.04 bits per heavy atom. The normalized spacial score (nSPS) is 14.9. The third-order valence-electron chi connectivity index (χ3n) is 4.51. The van der Waals surface area contributed by atoms with E-state index in [4.69, 9.17) is 0 Å². The van der Waals surface area contributed by atoms with Gasteiger partial charge in [0.25, 0.3) is 5.91 Å². The molecule has 1 heterocycles. The maximum Gasteiger partial charge on any atom is 0.255 e. The lowest BCUT2D eigenvalue weighted by Crippen LogP contribution is -2.29. The highest BCUT2D eigenvalue weighted by molar-refractivity contribution is 8.00. The van der Waals surface area contributed by atoms with Crippen molar-refractivity contribution in [2.45, 2.75) is 36.8 Å².